The Labute approximate surface area is 161 Å². The number of aromatic nitrogens is 2. The number of amides is 1. The number of hydrogen-bond donors (Lipinski definition) is 1. The van der Waals surface area contributed by atoms with Gasteiger partial charge >= 0.3 is 0 Å². The van der Waals surface area contributed by atoms with Crippen LogP contribution in [-0.4, -0.2) is 70.8 Å². The van der Waals surface area contributed by atoms with Gasteiger partial charge in [-0.05, 0) is 56.5 Å². The zero-order chi connectivity index (χ0) is 19.0. The Bertz CT molecular complexity index is 817. The summed E-state index contributed by atoms with van der Waals surface area (Å²) in [6.07, 6.45) is 1.06. The van der Waals surface area contributed by atoms with Crippen LogP contribution in [0.25, 0.3) is 5.69 Å². The average Bonchev–Trinajstić information content (AvgIpc) is 3.28. The van der Waals surface area contributed by atoms with Crippen molar-refractivity contribution in [3.8, 4) is 5.69 Å². The van der Waals surface area contributed by atoms with Crippen molar-refractivity contribution in [1.82, 2.24) is 24.9 Å². The normalized spacial score (nSPS) is 21.0. The monoisotopic (exact) mass is 367 g/mol. The van der Waals surface area contributed by atoms with Gasteiger partial charge in [-0.3, -0.25) is 9.69 Å². The molecule has 1 amide bonds. The Kier molecular flexibility index (Phi) is 5.02. The van der Waals surface area contributed by atoms with Crippen LogP contribution in [0.1, 0.15) is 33.7 Å². The van der Waals surface area contributed by atoms with Crippen LogP contribution in [0.2, 0.25) is 0 Å². The van der Waals surface area contributed by atoms with Crippen LogP contribution < -0.4 is 5.32 Å². The van der Waals surface area contributed by atoms with E-state index in [1.807, 2.05) is 22.6 Å². The third-order valence-corrected chi connectivity index (χ3v) is 5.68. The summed E-state index contributed by atoms with van der Waals surface area (Å²) in [5.74, 6) is 0.0545. The molecule has 0 spiro atoms. The van der Waals surface area contributed by atoms with Gasteiger partial charge < -0.3 is 10.2 Å². The van der Waals surface area contributed by atoms with Crippen LogP contribution in [0.15, 0.2) is 24.3 Å². The van der Waals surface area contributed by atoms with Crippen molar-refractivity contribution in [3.05, 3.63) is 46.8 Å². The van der Waals surface area contributed by atoms with Gasteiger partial charge in [0.25, 0.3) is 5.91 Å². The maximum Gasteiger partial charge on any atom is 0.274 e. The van der Waals surface area contributed by atoms with Gasteiger partial charge in [0.2, 0.25) is 0 Å². The smallest absolute Gasteiger partial charge is 0.274 e. The topological polar surface area (TPSA) is 53.4 Å². The molecule has 1 aromatic heterocycles. The summed E-state index contributed by atoms with van der Waals surface area (Å²) in [5.41, 5.74) is 4.95. The van der Waals surface area contributed by atoms with Gasteiger partial charge in [0.05, 0.1) is 5.69 Å². The fourth-order valence-electron chi connectivity index (χ4n) is 4.35. The molecule has 0 aliphatic carbocycles. The number of aryl methyl sites for hydroxylation is 3. The molecule has 2 fully saturated rings. The van der Waals surface area contributed by atoms with Gasteiger partial charge in [0, 0.05) is 51.0 Å². The molecule has 1 N–H and O–H groups in total. The van der Waals surface area contributed by atoms with E-state index in [4.69, 9.17) is 0 Å². The number of rotatable bonds is 3. The molecule has 2 aliphatic rings. The third-order valence-electron chi connectivity index (χ3n) is 5.68. The predicted octanol–water partition coefficient (Wildman–Crippen LogP) is 1.92. The maximum atomic E-state index is 13.0. The summed E-state index contributed by atoms with van der Waals surface area (Å²) in [6, 6.07) is 8.76. The second-order valence-electron chi connectivity index (χ2n) is 7.91. The Hall–Kier alpha value is -2.18. The van der Waals surface area contributed by atoms with E-state index in [1.165, 1.54) is 11.1 Å². The largest absolute Gasteiger partial charge is 0.336 e. The quantitative estimate of drug-likeness (QED) is 0.901. The molecule has 0 saturated carbocycles. The van der Waals surface area contributed by atoms with Crippen LogP contribution in [0.4, 0.5) is 0 Å². The molecule has 0 bridgehead atoms. The van der Waals surface area contributed by atoms with Gasteiger partial charge in [-0.15, -0.1) is 0 Å². The molecule has 0 radical (unpaired) electrons. The van der Waals surface area contributed by atoms with Gasteiger partial charge in [-0.2, -0.15) is 5.10 Å². The number of nitrogens with one attached hydrogen (secondary N) is 1. The summed E-state index contributed by atoms with van der Waals surface area (Å²) >= 11 is 0. The molecule has 2 saturated heterocycles. The van der Waals surface area contributed by atoms with Gasteiger partial charge in [-0.1, -0.05) is 6.07 Å². The molecule has 1 atom stereocenters. The van der Waals surface area contributed by atoms with Crippen molar-refractivity contribution in [2.45, 2.75) is 33.2 Å². The molecule has 2 aromatic rings. The Morgan fingerprint density at radius 3 is 2.44 bits per heavy atom. The number of carbonyl (C=O) groups excluding carboxylic acids is 1. The van der Waals surface area contributed by atoms with Crippen LogP contribution in [0.5, 0.6) is 0 Å². The summed E-state index contributed by atoms with van der Waals surface area (Å²) < 4.78 is 1.89. The van der Waals surface area contributed by atoms with E-state index in [0.29, 0.717) is 11.7 Å². The first-order chi connectivity index (χ1) is 13.0. The number of likely N-dealkylation sites (tertiary alicyclic amines) is 1. The van der Waals surface area contributed by atoms with E-state index in [-0.39, 0.29) is 5.91 Å². The molecule has 6 heteroatoms. The van der Waals surface area contributed by atoms with Crippen molar-refractivity contribution < 1.29 is 4.79 Å². The number of carbonyl (C=O) groups is 1. The fourth-order valence-corrected chi connectivity index (χ4v) is 4.35. The highest BCUT2D eigenvalue weighted by Crippen LogP contribution is 2.20. The highest BCUT2D eigenvalue weighted by atomic mass is 16.2. The lowest BCUT2D eigenvalue weighted by molar-refractivity contribution is 0.0767. The molecular weight excluding hydrogens is 338 g/mol. The zero-order valence-electron chi connectivity index (χ0n) is 16.5. The first-order valence-electron chi connectivity index (χ1n) is 9.90. The first-order valence-corrected chi connectivity index (χ1v) is 9.90. The molecule has 1 aromatic carbocycles. The zero-order valence-corrected chi connectivity index (χ0v) is 16.5. The van der Waals surface area contributed by atoms with E-state index < -0.39 is 0 Å². The average molecular weight is 367 g/mol. The van der Waals surface area contributed by atoms with E-state index in [1.54, 1.807) is 0 Å². The van der Waals surface area contributed by atoms with Crippen molar-refractivity contribution in [2.75, 3.05) is 39.3 Å². The SMILES string of the molecule is Cc1cc(C)cc(-n2nc(C(=O)N3CCC(N4CCNCC4)C3)cc2C)c1. The number of benzene rings is 1. The predicted molar refractivity (Wildman–Crippen MR) is 107 cm³/mol. The molecule has 144 valence electrons. The lowest BCUT2D eigenvalue weighted by Gasteiger charge is -2.32. The molecule has 2 aliphatic heterocycles. The maximum absolute atomic E-state index is 13.0. The van der Waals surface area contributed by atoms with Gasteiger partial charge in [0.1, 0.15) is 0 Å². The number of nitrogens with zero attached hydrogens (tertiary/aromatic N) is 4. The second-order valence-corrected chi connectivity index (χ2v) is 7.91. The minimum Gasteiger partial charge on any atom is -0.336 e. The van der Waals surface area contributed by atoms with Crippen LogP contribution in [0.3, 0.4) is 0 Å². The minimum atomic E-state index is 0.0545. The Morgan fingerprint density at radius 2 is 1.74 bits per heavy atom. The van der Waals surface area contributed by atoms with E-state index >= 15 is 0 Å². The van der Waals surface area contributed by atoms with E-state index in [2.05, 4.69) is 47.4 Å². The number of hydrogen-bond acceptors (Lipinski definition) is 4. The fraction of sp³-hybridized carbons (Fsp3) is 0.524. The van der Waals surface area contributed by atoms with Crippen molar-refractivity contribution >= 4 is 5.91 Å². The van der Waals surface area contributed by atoms with Crippen molar-refractivity contribution in [3.63, 3.8) is 0 Å². The van der Waals surface area contributed by atoms with Crippen LogP contribution in [0, 0.1) is 20.8 Å². The first kappa shape index (κ1) is 18.2. The molecular formula is C21H29N5O. The lowest BCUT2D eigenvalue weighted by Crippen LogP contribution is -2.49. The van der Waals surface area contributed by atoms with Gasteiger partial charge in [0.15, 0.2) is 5.69 Å². The highest BCUT2D eigenvalue weighted by Gasteiger charge is 2.32. The van der Waals surface area contributed by atoms with Crippen molar-refractivity contribution in [2.24, 2.45) is 0 Å². The molecule has 4 rings (SSSR count). The molecule has 3 heterocycles. The summed E-state index contributed by atoms with van der Waals surface area (Å²) in [5, 5.41) is 8.04. The summed E-state index contributed by atoms with van der Waals surface area (Å²) in [6.45, 7) is 12.1. The third kappa shape index (κ3) is 3.77. The summed E-state index contributed by atoms with van der Waals surface area (Å²) in [7, 11) is 0. The number of piperazine rings is 1. The summed E-state index contributed by atoms with van der Waals surface area (Å²) in [4.78, 5) is 17.5. The molecule has 1 unspecified atom stereocenters. The van der Waals surface area contributed by atoms with Crippen LogP contribution >= 0.6 is 0 Å². The minimum absolute atomic E-state index is 0.0545. The Morgan fingerprint density at radius 1 is 1.04 bits per heavy atom. The van der Waals surface area contributed by atoms with E-state index in [9.17, 15) is 4.79 Å². The Balaban J connectivity index is 1.50. The molecule has 6 nitrogen and oxygen atoms in total. The van der Waals surface area contributed by atoms with Crippen LogP contribution in [-0.2, 0) is 0 Å². The van der Waals surface area contributed by atoms with Gasteiger partial charge in [-0.25, -0.2) is 4.68 Å². The van der Waals surface area contributed by atoms with E-state index in [0.717, 1.165) is 57.1 Å². The lowest BCUT2D eigenvalue weighted by atomic mass is 10.1. The second kappa shape index (κ2) is 7.44. The standard InChI is InChI=1S/C21H29N5O/c1-15-10-16(2)12-19(11-15)26-17(3)13-20(23-26)21(27)25-7-4-18(14-25)24-8-5-22-6-9-24/h10-13,18,22H,4-9,14H2,1-3H3. The molecule has 27 heavy (non-hydrogen) atoms. The highest BCUT2D eigenvalue weighted by molar-refractivity contribution is 5.92. The van der Waals surface area contributed by atoms with Crippen molar-refractivity contribution in [1.29, 1.82) is 0 Å².